The van der Waals surface area contributed by atoms with Crippen LogP contribution in [-0.4, -0.2) is 46.8 Å². The number of H-pyrrole nitrogens is 1. The number of anilines is 2. The van der Waals surface area contributed by atoms with Crippen molar-refractivity contribution < 1.29 is 14.2 Å². The predicted molar refractivity (Wildman–Crippen MR) is 118 cm³/mol. The van der Waals surface area contributed by atoms with Gasteiger partial charge in [-0.15, -0.1) is 4.65 Å². The van der Waals surface area contributed by atoms with Gasteiger partial charge in [0, 0.05) is 47.8 Å². The number of aromatic amines is 1. The van der Waals surface area contributed by atoms with Crippen LogP contribution in [0.2, 0.25) is 0 Å². The Labute approximate surface area is 175 Å². The number of nitrogens with one attached hydrogen (secondary N) is 2. The first kappa shape index (κ1) is 18.7. The van der Waals surface area contributed by atoms with E-state index in [-0.39, 0.29) is 0 Å². The van der Waals surface area contributed by atoms with Crippen molar-refractivity contribution in [1.29, 1.82) is 0 Å². The summed E-state index contributed by atoms with van der Waals surface area (Å²) in [6, 6.07) is 12.1. The number of quaternary nitrogens is 1. The third-order valence-corrected chi connectivity index (χ3v) is 5.81. The van der Waals surface area contributed by atoms with E-state index in [9.17, 15) is 0 Å². The fourth-order valence-corrected chi connectivity index (χ4v) is 4.19. The molecule has 7 nitrogen and oxygen atoms in total. The molecule has 0 unspecified atom stereocenters. The monoisotopic (exact) mass is 404 g/mol. The minimum absolute atomic E-state index is 0.548. The van der Waals surface area contributed by atoms with E-state index in [1.54, 1.807) is 13.4 Å². The van der Waals surface area contributed by atoms with Crippen LogP contribution in [0, 0.1) is 0 Å². The summed E-state index contributed by atoms with van der Waals surface area (Å²) in [5.41, 5.74) is 2.85. The lowest BCUT2D eigenvalue weighted by molar-refractivity contribution is -1.07. The Hall–Kier alpha value is -3.32. The summed E-state index contributed by atoms with van der Waals surface area (Å²) in [4.78, 5) is 18.8. The molecule has 1 aliphatic heterocycles. The fourth-order valence-electron chi connectivity index (χ4n) is 4.19. The summed E-state index contributed by atoms with van der Waals surface area (Å²) in [6.45, 7) is 1.97. The molecule has 1 saturated heterocycles. The Balaban J connectivity index is 1.59. The van der Waals surface area contributed by atoms with Gasteiger partial charge < -0.3 is 19.9 Å². The first-order valence-electron chi connectivity index (χ1n) is 10.3. The second kappa shape index (κ2) is 7.50. The number of ether oxygens (including phenoxy) is 1. The van der Waals surface area contributed by atoms with E-state index in [0.29, 0.717) is 4.65 Å². The number of fused-ring (bicyclic) bond motifs is 2. The van der Waals surface area contributed by atoms with Gasteiger partial charge in [-0.05, 0) is 30.7 Å². The Morgan fingerprint density at radius 1 is 1.03 bits per heavy atom. The molecule has 4 aromatic rings. The molecule has 0 amide bonds. The Bertz CT molecular complexity index is 1200. The summed E-state index contributed by atoms with van der Waals surface area (Å²) in [5.74, 6) is 2.18. The summed E-state index contributed by atoms with van der Waals surface area (Å²) in [7, 11) is 3.80. The van der Waals surface area contributed by atoms with Gasteiger partial charge >= 0.3 is 0 Å². The molecule has 2 N–H and O–H groups in total. The maximum Gasteiger partial charge on any atom is 0.206 e. The van der Waals surface area contributed by atoms with Crippen LogP contribution in [0.15, 0.2) is 48.9 Å². The molecule has 0 bridgehead atoms. The highest BCUT2D eigenvalue weighted by Gasteiger charge is 2.29. The van der Waals surface area contributed by atoms with Crippen molar-refractivity contribution in [3.05, 3.63) is 48.9 Å². The van der Waals surface area contributed by atoms with Gasteiger partial charge in [-0.2, -0.15) is 0 Å². The van der Waals surface area contributed by atoms with Gasteiger partial charge in [0.2, 0.25) is 5.75 Å². The standard InChI is InChI=1S/C23H26N5O2/c1-28(10-4-3-5-11-28)30-21-14-18(29-2)13-20-22(21)23(26-15-25-20)27-17-6-7-19-16(12-17)8-9-24-19/h6-9,12-15,24H,3-5,10-11H2,1-2H3,(H,25,26,27)/q+1. The molecule has 1 aliphatic rings. The molecular formula is C23H26N5O2+. The predicted octanol–water partition coefficient (Wildman–Crippen LogP) is 4.79. The molecule has 3 heterocycles. The number of hydrogen-bond acceptors (Lipinski definition) is 5. The zero-order chi connectivity index (χ0) is 20.6. The van der Waals surface area contributed by atoms with Crippen molar-refractivity contribution in [3.63, 3.8) is 0 Å². The molecule has 0 aliphatic carbocycles. The number of hydrogen-bond donors (Lipinski definition) is 2. The number of hydroxylamine groups is 3. The molecule has 7 heteroatoms. The van der Waals surface area contributed by atoms with Crippen LogP contribution in [0.4, 0.5) is 11.5 Å². The second-order valence-electron chi connectivity index (χ2n) is 8.04. The SMILES string of the molecule is COc1cc(O[N+]2(C)CCCCC2)c2c(Nc3ccc4[nH]ccc4c3)ncnc2c1. The second-order valence-corrected chi connectivity index (χ2v) is 8.04. The van der Waals surface area contributed by atoms with E-state index in [1.165, 1.54) is 6.42 Å². The molecule has 5 rings (SSSR count). The lowest BCUT2D eigenvalue weighted by Gasteiger charge is -2.35. The molecule has 0 saturated carbocycles. The molecule has 2 aromatic heterocycles. The highest BCUT2D eigenvalue weighted by molar-refractivity contribution is 5.97. The maximum absolute atomic E-state index is 6.57. The highest BCUT2D eigenvalue weighted by atomic mass is 16.7. The lowest BCUT2D eigenvalue weighted by Crippen LogP contribution is -2.50. The average molecular weight is 404 g/mol. The largest absolute Gasteiger partial charge is 0.497 e. The lowest BCUT2D eigenvalue weighted by atomic mass is 10.1. The third-order valence-electron chi connectivity index (χ3n) is 5.81. The van der Waals surface area contributed by atoms with Gasteiger partial charge in [-0.25, -0.2) is 9.97 Å². The highest BCUT2D eigenvalue weighted by Crippen LogP contribution is 2.37. The Morgan fingerprint density at radius 3 is 2.73 bits per heavy atom. The van der Waals surface area contributed by atoms with E-state index in [1.807, 2.05) is 24.4 Å². The van der Waals surface area contributed by atoms with Gasteiger partial charge in [-0.3, -0.25) is 0 Å². The minimum atomic E-state index is 0.548. The summed E-state index contributed by atoms with van der Waals surface area (Å²) >= 11 is 0. The molecule has 0 spiro atoms. The number of benzene rings is 2. The van der Waals surface area contributed by atoms with Crippen molar-refractivity contribution in [2.75, 3.05) is 32.6 Å². The summed E-state index contributed by atoms with van der Waals surface area (Å²) in [6.07, 6.45) is 7.09. The molecule has 0 atom stereocenters. The smallest absolute Gasteiger partial charge is 0.206 e. The number of nitrogens with zero attached hydrogens (tertiary/aromatic N) is 3. The maximum atomic E-state index is 6.57. The fraction of sp³-hybridized carbons (Fsp3) is 0.304. The third kappa shape index (κ3) is 3.52. The molecule has 0 radical (unpaired) electrons. The van der Waals surface area contributed by atoms with Crippen LogP contribution < -0.4 is 14.9 Å². The number of likely N-dealkylation sites (tertiary alicyclic amines) is 1. The Kier molecular flexibility index (Phi) is 4.67. The number of rotatable bonds is 5. The van der Waals surface area contributed by atoms with Crippen molar-refractivity contribution in [2.45, 2.75) is 19.3 Å². The van der Waals surface area contributed by atoms with Crippen molar-refractivity contribution in [1.82, 2.24) is 15.0 Å². The first-order chi connectivity index (χ1) is 14.6. The van der Waals surface area contributed by atoms with Gasteiger partial charge in [-0.1, -0.05) is 0 Å². The van der Waals surface area contributed by atoms with Crippen LogP contribution in [0.3, 0.4) is 0 Å². The topological polar surface area (TPSA) is 72.1 Å². The van der Waals surface area contributed by atoms with E-state index in [2.05, 4.69) is 45.5 Å². The summed E-state index contributed by atoms with van der Waals surface area (Å²) < 4.78 is 6.06. The Morgan fingerprint density at radius 2 is 1.90 bits per heavy atom. The van der Waals surface area contributed by atoms with Crippen molar-refractivity contribution in [2.24, 2.45) is 0 Å². The van der Waals surface area contributed by atoms with Crippen molar-refractivity contribution >= 4 is 33.3 Å². The van der Waals surface area contributed by atoms with Gasteiger partial charge in [0.25, 0.3) is 0 Å². The van der Waals surface area contributed by atoms with Gasteiger partial charge in [0.15, 0.2) is 0 Å². The molecule has 30 heavy (non-hydrogen) atoms. The van der Waals surface area contributed by atoms with Crippen LogP contribution in [0.5, 0.6) is 11.5 Å². The molecule has 2 aromatic carbocycles. The van der Waals surface area contributed by atoms with Gasteiger partial charge in [0.05, 0.1) is 18.0 Å². The van der Waals surface area contributed by atoms with E-state index >= 15 is 0 Å². The van der Waals surface area contributed by atoms with Crippen LogP contribution in [-0.2, 0) is 0 Å². The van der Waals surface area contributed by atoms with E-state index < -0.39 is 0 Å². The molecule has 154 valence electrons. The van der Waals surface area contributed by atoms with Crippen LogP contribution in [0.1, 0.15) is 19.3 Å². The zero-order valence-electron chi connectivity index (χ0n) is 17.3. The number of piperidine rings is 1. The quantitative estimate of drug-likeness (QED) is 0.468. The van der Waals surface area contributed by atoms with Gasteiger partial charge in [0.1, 0.15) is 38.0 Å². The van der Waals surface area contributed by atoms with E-state index in [0.717, 1.165) is 70.7 Å². The van der Waals surface area contributed by atoms with Crippen LogP contribution in [0.25, 0.3) is 21.8 Å². The summed E-state index contributed by atoms with van der Waals surface area (Å²) in [5, 5.41) is 5.46. The molecular weight excluding hydrogens is 378 g/mol. The minimum Gasteiger partial charge on any atom is -0.497 e. The van der Waals surface area contributed by atoms with Crippen LogP contribution >= 0.6 is 0 Å². The normalized spacial score (nSPS) is 15.9. The van der Waals surface area contributed by atoms with E-state index in [4.69, 9.17) is 9.57 Å². The number of methoxy groups -OCH3 is 1. The molecule has 1 fully saturated rings. The average Bonchev–Trinajstić information content (AvgIpc) is 3.21. The zero-order valence-corrected chi connectivity index (χ0v) is 17.3. The number of aromatic nitrogens is 3. The first-order valence-corrected chi connectivity index (χ1v) is 10.3. The van der Waals surface area contributed by atoms with Crippen molar-refractivity contribution in [3.8, 4) is 11.5 Å².